The number of aromatic nitrogens is 3. The number of hydrogen-bond acceptors (Lipinski definition) is 4. The second kappa shape index (κ2) is 10.1. The van der Waals surface area contributed by atoms with Crippen LogP contribution in [0.3, 0.4) is 0 Å². The lowest BCUT2D eigenvalue weighted by Crippen LogP contribution is -2.29. The van der Waals surface area contributed by atoms with Gasteiger partial charge < -0.3 is 5.32 Å². The normalized spacial score (nSPS) is 14.6. The molecule has 9 heteroatoms. The molecule has 1 aliphatic rings. The van der Waals surface area contributed by atoms with Crippen LogP contribution in [0.25, 0.3) is 27.7 Å². The van der Waals surface area contributed by atoms with Crippen LogP contribution in [0.15, 0.2) is 79.0 Å². The first-order chi connectivity index (χ1) is 18.9. The van der Waals surface area contributed by atoms with E-state index < -0.39 is 17.8 Å². The summed E-state index contributed by atoms with van der Waals surface area (Å²) in [6, 6.07) is 21.3. The summed E-state index contributed by atoms with van der Waals surface area (Å²) < 4.78 is 43.0. The number of halogens is 3. The highest BCUT2D eigenvalue weighted by molar-refractivity contribution is 6.08. The Morgan fingerprint density at radius 3 is 2.44 bits per heavy atom. The number of rotatable bonds is 5. The van der Waals surface area contributed by atoms with Crippen LogP contribution >= 0.6 is 0 Å². The SMILES string of the molecule is O=C(Nc1ccc(CN2CCCCC2)cc1)c1cnn2c(C(F)(F)F)cc(-c3cccc4ccccc34)nc12. The van der Waals surface area contributed by atoms with Gasteiger partial charge in [0.15, 0.2) is 11.3 Å². The number of benzene rings is 3. The number of nitrogens with one attached hydrogen (secondary N) is 1. The van der Waals surface area contributed by atoms with E-state index in [1.807, 2.05) is 42.5 Å². The number of hydrogen-bond donors (Lipinski definition) is 1. The Morgan fingerprint density at radius 1 is 0.923 bits per heavy atom. The summed E-state index contributed by atoms with van der Waals surface area (Å²) in [6.45, 7) is 3.02. The molecule has 2 aromatic heterocycles. The van der Waals surface area contributed by atoms with Crippen LogP contribution in [0.2, 0.25) is 0 Å². The predicted molar refractivity (Wildman–Crippen MR) is 144 cm³/mol. The molecule has 0 aliphatic carbocycles. The van der Waals surface area contributed by atoms with E-state index in [1.54, 1.807) is 24.3 Å². The fraction of sp³-hybridized carbons (Fsp3) is 0.233. The number of likely N-dealkylation sites (tertiary alicyclic amines) is 1. The highest BCUT2D eigenvalue weighted by Gasteiger charge is 2.36. The van der Waals surface area contributed by atoms with Crippen molar-refractivity contribution < 1.29 is 18.0 Å². The zero-order chi connectivity index (χ0) is 27.0. The van der Waals surface area contributed by atoms with Crippen LogP contribution in [0, 0.1) is 0 Å². The molecule has 0 radical (unpaired) electrons. The number of fused-ring (bicyclic) bond motifs is 2. The number of amides is 1. The van der Waals surface area contributed by atoms with Crippen LogP contribution in [-0.4, -0.2) is 38.5 Å². The summed E-state index contributed by atoms with van der Waals surface area (Å²) in [5.74, 6) is -0.579. The first-order valence-corrected chi connectivity index (χ1v) is 12.9. The minimum atomic E-state index is -4.70. The highest BCUT2D eigenvalue weighted by atomic mass is 19.4. The van der Waals surface area contributed by atoms with E-state index in [4.69, 9.17) is 0 Å². The second-order valence-electron chi connectivity index (χ2n) is 9.83. The molecule has 6 rings (SSSR count). The van der Waals surface area contributed by atoms with Crippen molar-refractivity contribution in [2.75, 3.05) is 18.4 Å². The zero-order valence-electron chi connectivity index (χ0n) is 21.1. The largest absolute Gasteiger partial charge is 0.433 e. The van der Waals surface area contributed by atoms with E-state index in [1.165, 1.54) is 19.3 Å². The summed E-state index contributed by atoms with van der Waals surface area (Å²) in [6.07, 6.45) is 0.114. The Hall–Kier alpha value is -4.24. The molecule has 0 spiro atoms. The molecule has 5 aromatic rings. The van der Waals surface area contributed by atoms with Crippen LogP contribution in [-0.2, 0) is 12.7 Å². The summed E-state index contributed by atoms with van der Waals surface area (Å²) in [4.78, 5) is 20.1. The number of alkyl halides is 3. The molecule has 39 heavy (non-hydrogen) atoms. The van der Waals surface area contributed by atoms with Crippen molar-refractivity contribution in [3.63, 3.8) is 0 Å². The van der Waals surface area contributed by atoms with Crippen molar-refractivity contribution in [1.82, 2.24) is 19.5 Å². The monoisotopic (exact) mass is 529 g/mol. The van der Waals surface area contributed by atoms with Gasteiger partial charge in [-0.25, -0.2) is 9.50 Å². The summed E-state index contributed by atoms with van der Waals surface area (Å²) >= 11 is 0. The summed E-state index contributed by atoms with van der Waals surface area (Å²) in [5.41, 5.74) is 1.13. The van der Waals surface area contributed by atoms with E-state index in [2.05, 4.69) is 20.3 Å². The van der Waals surface area contributed by atoms with Gasteiger partial charge in [0.2, 0.25) is 0 Å². The molecule has 1 fully saturated rings. The van der Waals surface area contributed by atoms with E-state index in [0.717, 1.165) is 48.2 Å². The molecule has 3 aromatic carbocycles. The van der Waals surface area contributed by atoms with Crippen molar-refractivity contribution in [1.29, 1.82) is 0 Å². The van der Waals surface area contributed by atoms with Gasteiger partial charge in [-0.2, -0.15) is 18.3 Å². The van der Waals surface area contributed by atoms with Crippen molar-refractivity contribution in [3.05, 3.63) is 95.8 Å². The topological polar surface area (TPSA) is 62.5 Å². The minimum absolute atomic E-state index is 0.0417. The van der Waals surface area contributed by atoms with Crippen LogP contribution < -0.4 is 5.32 Å². The first kappa shape index (κ1) is 25.1. The van der Waals surface area contributed by atoms with Crippen molar-refractivity contribution in [2.24, 2.45) is 0 Å². The standard InChI is InChI=1S/C30H26F3N5O/c31-30(32,33)27-17-26(24-10-6-8-21-7-2-3-9-23(21)24)36-28-25(18-34-38(27)28)29(39)35-22-13-11-20(12-14-22)19-37-15-4-1-5-16-37/h2-3,6-14,17-18H,1,4-5,15-16,19H2,(H,35,39). The lowest BCUT2D eigenvalue weighted by molar-refractivity contribution is -0.142. The third-order valence-electron chi connectivity index (χ3n) is 7.14. The summed E-state index contributed by atoms with van der Waals surface area (Å²) in [7, 11) is 0. The Kier molecular flexibility index (Phi) is 6.52. The molecule has 198 valence electrons. The molecule has 3 heterocycles. The smallest absolute Gasteiger partial charge is 0.322 e. The van der Waals surface area contributed by atoms with Crippen LogP contribution in [0.1, 0.15) is 40.9 Å². The fourth-order valence-electron chi connectivity index (χ4n) is 5.18. The molecule has 0 atom stereocenters. The lowest BCUT2D eigenvalue weighted by Gasteiger charge is -2.26. The number of carbonyl (C=O) groups is 1. The van der Waals surface area contributed by atoms with E-state index in [-0.39, 0.29) is 16.9 Å². The third kappa shape index (κ3) is 5.09. The Balaban J connectivity index is 1.33. The van der Waals surface area contributed by atoms with Crippen molar-refractivity contribution in [2.45, 2.75) is 32.0 Å². The van der Waals surface area contributed by atoms with Gasteiger partial charge in [0.25, 0.3) is 5.91 Å². The van der Waals surface area contributed by atoms with Gasteiger partial charge in [-0.3, -0.25) is 9.69 Å². The van der Waals surface area contributed by atoms with Gasteiger partial charge in [-0.15, -0.1) is 0 Å². The molecule has 1 N–H and O–H groups in total. The summed E-state index contributed by atoms with van der Waals surface area (Å²) in [5, 5.41) is 8.32. The van der Waals surface area contributed by atoms with Crippen molar-refractivity contribution in [3.8, 4) is 11.3 Å². The maximum absolute atomic E-state index is 14.1. The highest BCUT2D eigenvalue weighted by Crippen LogP contribution is 2.35. The maximum atomic E-state index is 14.1. The molecular weight excluding hydrogens is 503 g/mol. The lowest BCUT2D eigenvalue weighted by atomic mass is 10.0. The van der Waals surface area contributed by atoms with Gasteiger partial charge in [-0.05, 0) is 60.5 Å². The molecule has 6 nitrogen and oxygen atoms in total. The molecular formula is C30H26F3N5O. The third-order valence-corrected chi connectivity index (χ3v) is 7.14. The Labute approximate surface area is 223 Å². The number of nitrogens with zero attached hydrogens (tertiary/aromatic N) is 4. The first-order valence-electron chi connectivity index (χ1n) is 12.9. The van der Waals surface area contributed by atoms with Crippen LogP contribution in [0.4, 0.5) is 18.9 Å². The van der Waals surface area contributed by atoms with Gasteiger partial charge in [0.1, 0.15) is 5.56 Å². The van der Waals surface area contributed by atoms with E-state index in [0.29, 0.717) is 15.8 Å². The average molecular weight is 530 g/mol. The average Bonchev–Trinajstić information content (AvgIpc) is 3.37. The Bertz CT molecular complexity index is 1650. The molecule has 0 saturated carbocycles. The molecule has 1 saturated heterocycles. The van der Waals surface area contributed by atoms with Crippen molar-refractivity contribution >= 4 is 28.0 Å². The predicted octanol–water partition coefficient (Wildman–Crippen LogP) is 6.81. The molecule has 1 aliphatic heterocycles. The molecule has 1 amide bonds. The Morgan fingerprint density at radius 2 is 1.67 bits per heavy atom. The van der Waals surface area contributed by atoms with Gasteiger partial charge in [0, 0.05) is 17.8 Å². The number of piperidine rings is 1. The molecule has 0 unspecified atom stereocenters. The van der Waals surface area contributed by atoms with E-state index in [9.17, 15) is 18.0 Å². The number of carbonyl (C=O) groups excluding carboxylic acids is 1. The molecule has 0 bridgehead atoms. The minimum Gasteiger partial charge on any atom is -0.322 e. The fourth-order valence-corrected chi connectivity index (χ4v) is 5.18. The second-order valence-corrected chi connectivity index (χ2v) is 9.83. The quantitative estimate of drug-likeness (QED) is 0.272. The number of anilines is 1. The maximum Gasteiger partial charge on any atom is 0.433 e. The van der Waals surface area contributed by atoms with E-state index >= 15 is 0 Å². The van der Waals surface area contributed by atoms with Gasteiger partial charge >= 0.3 is 6.18 Å². The van der Waals surface area contributed by atoms with Crippen LogP contribution in [0.5, 0.6) is 0 Å². The zero-order valence-corrected chi connectivity index (χ0v) is 21.1. The van der Waals surface area contributed by atoms with Gasteiger partial charge in [-0.1, -0.05) is 61.0 Å². The van der Waals surface area contributed by atoms with Gasteiger partial charge in [0.05, 0.1) is 11.9 Å².